The van der Waals surface area contributed by atoms with Gasteiger partial charge in [-0.3, -0.25) is 9.59 Å². The van der Waals surface area contributed by atoms with Crippen LogP contribution in [0.4, 0.5) is 8.78 Å². The zero-order chi connectivity index (χ0) is 45.5. The molecule has 0 unspecified atom stereocenters. The normalized spacial score (nSPS) is 10.4. The first-order chi connectivity index (χ1) is 30.1. The number of rotatable bonds is 7. The first kappa shape index (κ1) is 45.8. The number of halogens is 2. The zero-order valence-corrected chi connectivity index (χ0v) is 33.8. The van der Waals surface area contributed by atoms with Crippen LogP contribution in [-0.2, 0) is 9.84 Å². The van der Waals surface area contributed by atoms with E-state index in [1.807, 2.05) is 24.3 Å². The summed E-state index contributed by atoms with van der Waals surface area (Å²) >= 11 is 0. The molecule has 0 heterocycles. The second kappa shape index (κ2) is 21.3. The van der Waals surface area contributed by atoms with Crippen LogP contribution in [0.2, 0.25) is 0 Å². The maximum atomic E-state index is 12.6. The number of benzene rings is 8. The quantitative estimate of drug-likeness (QED) is 0.0841. The molecule has 10 nitrogen and oxygen atoms in total. The Balaban J connectivity index is 0.000000159. The summed E-state index contributed by atoms with van der Waals surface area (Å²) in [4.78, 5) is 23.9. The van der Waals surface area contributed by atoms with E-state index in [0.29, 0.717) is 22.3 Å². The predicted octanol–water partition coefficient (Wildman–Crippen LogP) is 10.2. The molecule has 0 amide bonds. The van der Waals surface area contributed by atoms with Crippen molar-refractivity contribution in [3.8, 4) is 45.6 Å². The lowest BCUT2D eigenvalue weighted by atomic mass is 10.0. The van der Waals surface area contributed by atoms with Gasteiger partial charge in [-0.25, -0.2) is 17.2 Å². The molecule has 6 N–H and O–H groups in total. The number of hydrogen-bond acceptors (Lipinski definition) is 10. The van der Waals surface area contributed by atoms with Crippen molar-refractivity contribution in [1.82, 2.24) is 0 Å². The lowest BCUT2D eigenvalue weighted by molar-refractivity contribution is 0.103. The van der Waals surface area contributed by atoms with E-state index in [-0.39, 0.29) is 55.9 Å². The van der Waals surface area contributed by atoms with Gasteiger partial charge in [-0.1, -0.05) is 24.3 Å². The molecule has 0 saturated carbocycles. The van der Waals surface area contributed by atoms with E-state index in [0.717, 1.165) is 11.1 Å². The van der Waals surface area contributed by atoms with E-state index in [1.54, 1.807) is 48.5 Å². The Kier molecular flexibility index (Phi) is 15.5. The van der Waals surface area contributed by atoms with Crippen LogP contribution in [0.1, 0.15) is 31.8 Å². The van der Waals surface area contributed by atoms with Crippen molar-refractivity contribution in [1.29, 1.82) is 0 Å². The van der Waals surface area contributed by atoms with Crippen molar-refractivity contribution >= 4 is 21.4 Å². The van der Waals surface area contributed by atoms with Gasteiger partial charge >= 0.3 is 0 Å². The first-order valence-electron chi connectivity index (χ1n) is 18.7. The minimum atomic E-state index is -3.59. The van der Waals surface area contributed by atoms with Gasteiger partial charge in [0.05, 0.1) is 9.79 Å². The first-order valence-corrected chi connectivity index (χ1v) is 20.2. The number of aromatic hydroxyl groups is 6. The third kappa shape index (κ3) is 13.4. The molecule has 0 saturated heterocycles. The third-order valence-electron chi connectivity index (χ3n) is 8.83. The molecule has 0 bridgehead atoms. The van der Waals surface area contributed by atoms with Gasteiger partial charge in [-0.05, 0) is 181 Å². The Bertz CT molecular complexity index is 2540. The van der Waals surface area contributed by atoms with E-state index in [1.165, 1.54) is 121 Å². The van der Waals surface area contributed by atoms with Crippen molar-refractivity contribution < 1.29 is 57.4 Å². The Morgan fingerprint density at radius 1 is 0.302 bits per heavy atom. The molecule has 0 aromatic heterocycles. The molecule has 0 fully saturated rings. The summed E-state index contributed by atoms with van der Waals surface area (Å²) < 4.78 is 49.5. The van der Waals surface area contributed by atoms with Gasteiger partial charge < -0.3 is 30.6 Å². The fourth-order valence-electron chi connectivity index (χ4n) is 5.46. The van der Waals surface area contributed by atoms with Gasteiger partial charge in [-0.15, -0.1) is 0 Å². The van der Waals surface area contributed by atoms with Gasteiger partial charge in [0.25, 0.3) is 0 Å². The molecule has 0 aliphatic rings. The molecule has 0 atom stereocenters. The van der Waals surface area contributed by atoms with Gasteiger partial charge in [0.15, 0.2) is 11.6 Å². The van der Waals surface area contributed by atoms with E-state index >= 15 is 0 Å². The van der Waals surface area contributed by atoms with Crippen LogP contribution in [0.15, 0.2) is 204 Å². The number of carbonyl (C=O) groups is 2. The summed E-state index contributed by atoms with van der Waals surface area (Å²) in [5, 5.41) is 54.6. The largest absolute Gasteiger partial charge is 0.508 e. The molecule has 8 aromatic carbocycles. The SMILES string of the molecule is O=C(c1ccc(F)cc1)c1ccc(F)cc1.O=C(c1ccc(O)cc1)c1ccc(O)cc1.O=S(=O)(c1ccc(O)cc1)c1ccc(O)cc1.Oc1ccc(-c2ccc(O)cc2)cc1. The van der Waals surface area contributed by atoms with Crippen molar-refractivity contribution in [3.05, 3.63) is 228 Å². The molecular weight excluding hydrogens is 831 g/mol. The molecule has 318 valence electrons. The Hall–Kier alpha value is -8.29. The lowest BCUT2D eigenvalue weighted by Gasteiger charge is -2.04. The second-order valence-electron chi connectivity index (χ2n) is 13.4. The number of ketones is 2. The van der Waals surface area contributed by atoms with Crippen molar-refractivity contribution in [3.63, 3.8) is 0 Å². The molecule has 0 spiro atoms. The molecule has 63 heavy (non-hydrogen) atoms. The predicted molar refractivity (Wildman–Crippen MR) is 233 cm³/mol. The van der Waals surface area contributed by atoms with Crippen LogP contribution in [0.25, 0.3) is 11.1 Å². The summed E-state index contributed by atoms with van der Waals surface area (Å²) in [5.41, 5.74) is 3.80. The molecule has 0 aliphatic heterocycles. The summed E-state index contributed by atoms with van der Waals surface area (Å²) in [5.74, 6) is -0.389. The van der Waals surface area contributed by atoms with Gasteiger partial charge in [0.2, 0.25) is 9.84 Å². The number of phenolic OH excluding ortho intramolecular Hbond substituents is 6. The highest BCUT2D eigenvalue weighted by molar-refractivity contribution is 7.91. The summed E-state index contributed by atoms with van der Waals surface area (Å²) in [6.07, 6.45) is 0. The van der Waals surface area contributed by atoms with Gasteiger partial charge in [-0.2, -0.15) is 0 Å². The minimum Gasteiger partial charge on any atom is -0.508 e. The van der Waals surface area contributed by atoms with E-state index in [2.05, 4.69) is 0 Å². The Morgan fingerprint density at radius 2 is 0.492 bits per heavy atom. The zero-order valence-electron chi connectivity index (χ0n) is 33.0. The smallest absolute Gasteiger partial charge is 0.206 e. The van der Waals surface area contributed by atoms with E-state index in [4.69, 9.17) is 30.6 Å². The topological polar surface area (TPSA) is 190 Å². The van der Waals surface area contributed by atoms with Crippen LogP contribution in [-0.4, -0.2) is 50.6 Å². The van der Waals surface area contributed by atoms with Gasteiger partial charge in [0, 0.05) is 22.3 Å². The summed E-state index contributed by atoms with van der Waals surface area (Å²) in [7, 11) is -3.59. The molecule has 0 aliphatic carbocycles. The number of hydrogen-bond donors (Lipinski definition) is 6. The second-order valence-corrected chi connectivity index (χ2v) is 15.3. The van der Waals surface area contributed by atoms with Crippen LogP contribution in [0, 0.1) is 11.6 Å². The average Bonchev–Trinajstić information content (AvgIpc) is 3.28. The standard InChI is InChI=1S/C13H8F2O.C13H10O3.C12H10O4S.C12H10O2/c2*14-11-5-1-9(2-6-11)13(16)10-3-7-12(15)8-4-10;13-9-1-5-11(6-2-9)17(15,16)12-7-3-10(14)4-8-12;13-11-5-1-9(2-6-11)10-3-7-12(14)8-4-10/h1-8H;1-8,14-15H;1-8,13-14H;1-8,13-14H. The molecule has 13 heteroatoms. The summed E-state index contributed by atoms with van der Waals surface area (Å²) in [6.45, 7) is 0. The highest BCUT2D eigenvalue weighted by Gasteiger charge is 2.17. The Morgan fingerprint density at radius 3 is 0.730 bits per heavy atom. The average molecular weight is 869 g/mol. The maximum Gasteiger partial charge on any atom is 0.206 e. The molecule has 0 radical (unpaired) electrons. The van der Waals surface area contributed by atoms with Gasteiger partial charge in [0.1, 0.15) is 46.1 Å². The van der Waals surface area contributed by atoms with E-state index in [9.17, 15) is 26.8 Å². The molecule has 8 rings (SSSR count). The molecule has 8 aromatic rings. The minimum absolute atomic E-state index is 0.00894. The monoisotopic (exact) mass is 868 g/mol. The van der Waals surface area contributed by atoms with Crippen molar-refractivity contribution in [2.24, 2.45) is 0 Å². The number of phenols is 6. The highest BCUT2D eigenvalue weighted by Crippen LogP contribution is 2.25. The number of carbonyl (C=O) groups excluding carboxylic acids is 2. The van der Waals surface area contributed by atoms with Crippen molar-refractivity contribution in [2.45, 2.75) is 9.79 Å². The maximum absolute atomic E-state index is 12.6. The van der Waals surface area contributed by atoms with Crippen molar-refractivity contribution in [2.75, 3.05) is 0 Å². The summed E-state index contributed by atoms with van der Waals surface area (Å²) in [6, 6.07) is 47.1. The Labute approximate surface area is 361 Å². The van der Waals surface area contributed by atoms with Crippen LogP contribution in [0.5, 0.6) is 34.5 Å². The third-order valence-corrected chi connectivity index (χ3v) is 10.6. The lowest BCUT2D eigenvalue weighted by Crippen LogP contribution is -2.01. The van der Waals surface area contributed by atoms with Crippen LogP contribution >= 0.6 is 0 Å². The fourth-order valence-corrected chi connectivity index (χ4v) is 6.72. The molecular formula is C50H38F2O10S. The fraction of sp³-hybridized carbons (Fsp3) is 0. The number of sulfone groups is 1. The van der Waals surface area contributed by atoms with Crippen LogP contribution < -0.4 is 0 Å². The van der Waals surface area contributed by atoms with Crippen LogP contribution in [0.3, 0.4) is 0 Å². The highest BCUT2D eigenvalue weighted by atomic mass is 32.2. The van der Waals surface area contributed by atoms with E-state index < -0.39 is 21.5 Å².